The number of ether oxygens (including phenoxy) is 2. The molecule has 0 saturated heterocycles. The minimum Gasteiger partial charge on any atom is -0.454 e. The van der Waals surface area contributed by atoms with Crippen molar-refractivity contribution in [1.29, 1.82) is 0 Å². The highest BCUT2D eigenvalue weighted by molar-refractivity contribution is 6.40. The van der Waals surface area contributed by atoms with Crippen molar-refractivity contribution in [1.82, 2.24) is 10.6 Å². The zero-order valence-corrected chi connectivity index (χ0v) is 15.0. The average molecular weight is 381 g/mol. The number of para-hydroxylation sites is 1. The molecular formula is C20H19N3O5. The maximum atomic E-state index is 12.2. The van der Waals surface area contributed by atoms with Crippen molar-refractivity contribution in [2.24, 2.45) is 0 Å². The van der Waals surface area contributed by atoms with Crippen molar-refractivity contribution < 1.29 is 23.9 Å². The summed E-state index contributed by atoms with van der Waals surface area (Å²) in [6, 6.07) is 11.7. The monoisotopic (exact) mass is 381 g/mol. The molecule has 3 N–H and O–H groups in total. The van der Waals surface area contributed by atoms with Crippen molar-refractivity contribution >= 4 is 23.4 Å². The minimum absolute atomic E-state index is 0.143. The van der Waals surface area contributed by atoms with Gasteiger partial charge in [0.2, 0.25) is 6.79 Å². The lowest BCUT2D eigenvalue weighted by atomic mass is 10.1. The van der Waals surface area contributed by atoms with E-state index in [4.69, 9.17) is 9.47 Å². The number of amides is 3. The first-order chi connectivity index (χ1) is 13.6. The number of hydrogen-bond acceptors (Lipinski definition) is 5. The molecule has 8 nitrogen and oxygen atoms in total. The summed E-state index contributed by atoms with van der Waals surface area (Å²) < 4.78 is 10.5. The van der Waals surface area contributed by atoms with E-state index >= 15 is 0 Å². The van der Waals surface area contributed by atoms with Crippen molar-refractivity contribution in [3.63, 3.8) is 0 Å². The van der Waals surface area contributed by atoms with E-state index in [1.807, 2.05) is 0 Å². The molecule has 3 rings (SSSR count). The third-order valence-corrected chi connectivity index (χ3v) is 3.92. The van der Waals surface area contributed by atoms with Gasteiger partial charge in [-0.3, -0.25) is 14.4 Å². The van der Waals surface area contributed by atoms with Gasteiger partial charge in [0, 0.05) is 13.1 Å². The Morgan fingerprint density at radius 3 is 2.61 bits per heavy atom. The molecule has 0 radical (unpaired) electrons. The van der Waals surface area contributed by atoms with E-state index < -0.39 is 11.8 Å². The number of carbonyl (C=O) groups excluding carboxylic acids is 3. The molecule has 144 valence electrons. The van der Waals surface area contributed by atoms with E-state index in [-0.39, 0.29) is 37.0 Å². The van der Waals surface area contributed by atoms with E-state index in [0.717, 1.165) is 5.56 Å². The van der Waals surface area contributed by atoms with Gasteiger partial charge in [-0.15, -0.1) is 6.58 Å². The molecule has 0 bridgehead atoms. The zero-order valence-electron chi connectivity index (χ0n) is 15.0. The number of hydrogen-bond donors (Lipinski definition) is 3. The Kier molecular flexibility index (Phi) is 5.91. The molecule has 28 heavy (non-hydrogen) atoms. The molecule has 0 fully saturated rings. The van der Waals surface area contributed by atoms with Crippen LogP contribution in [0.2, 0.25) is 0 Å². The second-order valence-corrected chi connectivity index (χ2v) is 5.87. The van der Waals surface area contributed by atoms with Crippen molar-refractivity contribution in [2.45, 2.75) is 6.54 Å². The Balaban J connectivity index is 1.59. The molecule has 0 unspecified atom stereocenters. The van der Waals surface area contributed by atoms with Crippen LogP contribution in [0.3, 0.4) is 0 Å². The highest BCUT2D eigenvalue weighted by Gasteiger charge is 2.18. The Labute approximate surface area is 161 Å². The molecule has 0 aliphatic carbocycles. The summed E-state index contributed by atoms with van der Waals surface area (Å²) in [5.41, 5.74) is 1.25. The zero-order chi connectivity index (χ0) is 19.9. The van der Waals surface area contributed by atoms with Gasteiger partial charge in [0.25, 0.3) is 5.91 Å². The SMILES string of the molecule is C=CCNC(=O)c1ccccc1NC(=O)C(=O)NCc1ccc2c(c1)OCO2. The number of carbonyl (C=O) groups is 3. The van der Waals surface area contributed by atoms with Crippen molar-refractivity contribution in [3.8, 4) is 11.5 Å². The van der Waals surface area contributed by atoms with Gasteiger partial charge in [-0.25, -0.2) is 0 Å². The molecule has 2 aromatic rings. The highest BCUT2D eigenvalue weighted by Crippen LogP contribution is 2.32. The lowest BCUT2D eigenvalue weighted by Gasteiger charge is -2.11. The number of benzene rings is 2. The quantitative estimate of drug-likeness (QED) is 0.520. The van der Waals surface area contributed by atoms with Crippen LogP contribution >= 0.6 is 0 Å². The van der Waals surface area contributed by atoms with Gasteiger partial charge < -0.3 is 25.4 Å². The van der Waals surface area contributed by atoms with E-state index in [9.17, 15) is 14.4 Å². The maximum Gasteiger partial charge on any atom is 0.313 e. The van der Waals surface area contributed by atoms with Crippen molar-refractivity contribution in [3.05, 3.63) is 66.2 Å². The summed E-state index contributed by atoms with van der Waals surface area (Å²) in [5, 5.41) is 7.62. The normalized spacial score (nSPS) is 11.4. The maximum absolute atomic E-state index is 12.2. The van der Waals surface area contributed by atoms with Crippen molar-refractivity contribution in [2.75, 3.05) is 18.7 Å². The van der Waals surface area contributed by atoms with Crippen LogP contribution in [0.5, 0.6) is 11.5 Å². The van der Waals surface area contributed by atoms with Crippen LogP contribution in [0.4, 0.5) is 5.69 Å². The lowest BCUT2D eigenvalue weighted by molar-refractivity contribution is -0.136. The van der Waals surface area contributed by atoms with Gasteiger partial charge in [0.15, 0.2) is 11.5 Å². The number of nitrogens with one attached hydrogen (secondary N) is 3. The Bertz CT molecular complexity index is 926. The fourth-order valence-corrected chi connectivity index (χ4v) is 2.54. The van der Waals surface area contributed by atoms with E-state index in [1.54, 1.807) is 48.5 Å². The Morgan fingerprint density at radius 2 is 1.79 bits per heavy atom. The first kappa shape index (κ1) is 19.0. The fourth-order valence-electron chi connectivity index (χ4n) is 2.54. The van der Waals surface area contributed by atoms with Crippen LogP contribution < -0.4 is 25.4 Å². The number of anilines is 1. The molecule has 8 heteroatoms. The fraction of sp³-hybridized carbons (Fsp3) is 0.150. The minimum atomic E-state index is -0.871. The number of fused-ring (bicyclic) bond motifs is 1. The summed E-state index contributed by atoms with van der Waals surface area (Å²) in [6.07, 6.45) is 1.54. The first-order valence-electron chi connectivity index (χ1n) is 8.54. The summed E-state index contributed by atoms with van der Waals surface area (Å²) in [6.45, 7) is 4.12. The molecule has 0 saturated carbocycles. The van der Waals surface area contributed by atoms with Crippen LogP contribution in [-0.4, -0.2) is 31.1 Å². The molecular weight excluding hydrogens is 362 g/mol. The molecule has 0 atom stereocenters. The smallest absolute Gasteiger partial charge is 0.313 e. The highest BCUT2D eigenvalue weighted by atomic mass is 16.7. The third-order valence-electron chi connectivity index (χ3n) is 3.92. The predicted octanol–water partition coefficient (Wildman–Crippen LogP) is 1.59. The summed E-state index contributed by atoms with van der Waals surface area (Å²) in [5.74, 6) is -0.838. The Morgan fingerprint density at radius 1 is 1.00 bits per heavy atom. The van der Waals surface area contributed by atoms with Gasteiger partial charge in [0.05, 0.1) is 11.3 Å². The largest absolute Gasteiger partial charge is 0.454 e. The average Bonchev–Trinajstić information content (AvgIpc) is 3.18. The first-order valence-corrected chi connectivity index (χ1v) is 8.54. The molecule has 0 spiro atoms. The van der Waals surface area contributed by atoms with Gasteiger partial charge in [0.1, 0.15) is 0 Å². The molecule has 3 amide bonds. The van der Waals surface area contributed by atoms with E-state index in [2.05, 4.69) is 22.5 Å². The van der Waals surface area contributed by atoms with Gasteiger partial charge in [-0.1, -0.05) is 24.3 Å². The van der Waals surface area contributed by atoms with Crippen LogP contribution in [0.15, 0.2) is 55.1 Å². The van der Waals surface area contributed by atoms with Gasteiger partial charge >= 0.3 is 11.8 Å². The van der Waals surface area contributed by atoms with Crippen LogP contribution in [0.1, 0.15) is 15.9 Å². The second kappa shape index (κ2) is 8.72. The van der Waals surface area contributed by atoms with E-state index in [0.29, 0.717) is 11.5 Å². The summed E-state index contributed by atoms with van der Waals surface area (Å²) in [4.78, 5) is 36.5. The van der Waals surface area contributed by atoms with Gasteiger partial charge in [-0.2, -0.15) is 0 Å². The van der Waals surface area contributed by atoms with Crippen LogP contribution in [-0.2, 0) is 16.1 Å². The number of rotatable bonds is 6. The second-order valence-electron chi connectivity index (χ2n) is 5.87. The topological polar surface area (TPSA) is 106 Å². The molecule has 2 aromatic carbocycles. The third kappa shape index (κ3) is 4.47. The van der Waals surface area contributed by atoms with E-state index in [1.165, 1.54) is 0 Å². The predicted molar refractivity (Wildman–Crippen MR) is 102 cm³/mol. The Hall–Kier alpha value is -3.81. The molecule has 1 aliphatic rings. The van der Waals surface area contributed by atoms with Crippen LogP contribution in [0.25, 0.3) is 0 Å². The molecule has 0 aromatic heterocycles. The lowest BCUT2D eigenvalue weighted by Crippen LogP contribution is -2.35. The standard InChI is InChI=1S/C20H19N3O5/c1-2-9-21-18(24)14-5-3-4-6-15(14)23-20(26)19(25)22-11-13-7-8-16-17(10-13)28-12-27-16/h2-8,10H,1,9,11-12H2,(H,21,24)(H,22,25)(H,23,26). The summed E-state index contributed by atoms with van der Waals surface area (Å²) in [7, 11) is 0. The van der Waals surface area contributed by atoms with Gasteiger partial charge in [-0.05, 0) is 29.8 Å². The molecule has 1 aliphatic heterocycles. The van der Waals surface area contributed by atoms with Crippen LogP contribution in [0, 0.1) is 0 Å². The summed E-state index contributed by atoms with van der Waals surface area (Å²) >= 11 is 0. The molecule has 1 heterocycles.